The first kappa shape index (κ1) is 75.3. The van der Waals surface area contributed by atoms with Gasteiger partial charge in [0.15, 0.2) is 6.10 Å². The number of unbranched alkanes of at least 4 members (excludes halogenated alkanes) is 23. The highest BCUT2D eigenvalue weighted by atomic mass is 16.6. The van der Waals surface area contributed by atoms with Gasteiger partial charge in [-0.05, 0) is 141 Å². The minimum absolute atomic E-state index is 0.0923. The molecule has 1 unspecified atom stereocenters. The van der Waals surface area contributed by atoms with Gasteiger partial charge in [0.2, 0.25) is 0 Å². The van der Waals surface area contributed by atoms with Gasteiger partial charge in [-0.15, -0.1) is 0 Å². The fraction of sp³-hybridized carbons (Fsp3) is 0.635. The number of allylic oxidation sites excluding steroid dienone is 24. The summed E-state index contributed by atoms with van der Waals surface area (Å²) in [5, 5.41) is 0. The second kappa shape index (κ2) is 66.8. The second-order valence-electron chi connectivity index (χ2n) is 21.3. The lowest BCUT2D eigenvalue weighted by Crippen LogP contribution is -2.30. The van der Waals surface area contributed by atoms with Crippen LogP contribution in [0, 0.1) is 0 Å². The molecule has 0 N–H and O–H groups in total. The zero-order valence-electron chi connectivity index (χ0n) is 51.8. The molecule has 0 rings (SSSR count). The maximum absolute atomic E-state index is 12.9. The van der Waals surface area contributed by atoms with Gasteiger partial charge in [0.1, 0.15) is 13.2 Å². The van der Waals surface area contributed by atoms with Crippen LogP contribution in [0.4, 0.5) is 0 Å². The van der Waals surface area contributed by atoms with Crippen LogP contribution in [-0.2, 0) is 28.6 Å². The Morgan fingerprint density at radius 1 is 0.263 bits per heavy atom. The second-order valence-corrected chi connectivity index (χ2v) is 21.3. The van der Waals surface area contributed by atoms with Crippen LogP contribution in [0.3, 0.4) is 0 Å². The summed E-state index contributed by atoms with van der Waals surface area (Å²) in [6, 6.07) is 0. The molecule has 0 heterocycles. The van der Waals surface area contributed by atoms with Gasteiger partial charge in [-0.1, -0.05) is 269 Å². The van der Waals surface area contributed by atoms with Crippen molar-refractivity contribution in [1.82, 2.24) is 0 Å². The van der Waals surface area contributed by atoms with E-state index in [2.05, 4.69) is 167 Å². The molecule has 0 fully saturated rings. The van der Waals surface area contributed by atoms with E-state index in [4.69, 9.17) is 14.2 Å². The lowest BCUT2D eigenvalue weighted by atomic mass is 10.1. The van der Waals surface area contributed by atoms with Crippen LogP contribution in [0.5, 0.6) is 0 Å². The molecule has 1 atom stereocenters. The molecule has 0 spiro atoms. The molecule has 0 bridgehead atoms. The highest BCUT2D eigenvalue weighted by molar-refractivity contribution is 5.71. The first-order valence-electron chi connectivity index (χ1n) is 32.8. The molecule has 0 aliphatic carbocycles. The minimum atomic E-state index is -0.796. The van der Waals surface area contributed by atoms with Crippen molar-refractivity contribution in [3.05, 3.63) is 146 Å². The van der Waals surface area contributed by atoms with Gasteiger partial charge in [0, 0.05) is 19.3 Å². The zero-order chi connectivity index (χ0) is 57.8. The van der Waals surface area contributed by atoms with Crippen molar-refractivity contribution in [3.63, 3.8) is 0 Å². The van der Waals surface area contributed by atoms with Gasteiger partial charge in [-0.25, -0.2) is 0 Å². The first-order valence-corrected chi connectivity index (χ1v) is 32.8. The third kappa shape index (κ3) is 64.1. The van der Waals surface area contributed by atoms with E-state index in [-0.39, 0.29) is 31.1 Å². The standard InChI is InChI=1S/C74H120O6/c1-4-7-10-13-16-19-22-25-27-29-30-31-32-33-34-35-36-37-38-39-40-41-42-43-44-46-47-49-52-55-58-61-64-67-73(76)79-70-71(69-78-72(75)66-63-60-57-54-51-24-21-18-15-12-9-6-3)80-74(77)68-65-62-59-56-53-50-48-45-28-26-23-20-17-14-11-8-5-2/h7-8,10-11,16-21,25-28,30-31,33-34,36-37,39-40,42-43,71H,4-6,9,12-15,22-24,29,32,35,38,41,44-70H2,1-3H3/b10-7-,11-8-,19-16-,20-17-,21-18-,27-25-,28-26-,31-30-,34-33-,37-36-,40-39-,43-42-. The van der Waals surface area contributed by atoms with Gasteiger partial charge < -0.3 is 14.2 Å². The number of hydrogen-bond donors (Lipinski definition) is 0. The van der Waals surface area contributed by atoms with Crippen molar-refractivity contribution in [2.24, 2.45) is 0 Å². The van der Waals surface area contributed by atoms with Gasteiger partial charge >= 0.3 is 17.9 Å². The summed E-state index contributed by atoms with van der Waals surface area (Å²) < 4.78 is 16.9. The Morgan fingerprint density at radius 2 is 0.487 bits per heavy atom. The molecular formula is C74H120O6. The largest absolute Gasteiger partial charge is 0.462 e. The monoisotopic (exact) mass is 1100 g/mol. The summed E-state index contributed by atoms with van der Waals surface area (Å²) in [5.41, 5.74) is 0. The summed E-state index contributed by atoms with van der Waals surface area (Å²) >= 11 is 0. The molecular weight excluding hydrogens is 985 g/mol. The van der Waals surface area contributed by atoms with Crippen molar-refractivity contribution in [2.45, 2.75) is 290 Å². The fourth-order valence-electron chi connectivity index (χ4n) is 8.70. The number of carbonyl (C=O) groups is 3. The van der Waals surface area contributed by atoms with Gasteiger partial charge in [0.05, 0.1) is 0 Å². The number of rotatable bonds is 58. The molecule has 0 aromatic carbocycles. The molecule has 0 aromatic heterocycles. The molecule has 6 heteroatoms. The summed E-state index contributed by atoms with van der Waals surface area (Å²) in [4.78, 5) is 38.3. The van der Waals surface area contributed by atoms with Gasteiger partial charge in [0.25, 0.3) is 0 Å². The summed E-state index contributed by atoms with van der Waals surface area (Å²) in [6.45, 7) is 6.37. The van der Waals surface area contributed by atoms with Crippen LogP contribution < -0.4 is 0 Å². The lowest BCUT2D eigenvalue weighted by Gasteiger charge is -2.18. The Hall–Kier alpha value is -4.71. The Kier molecular flexibility index (Phi) is 62.9. The van der Waals surface area contributed by atoms with Crippen molar-refractivity contribution in [2.75, 3.05) is 13.2 Å². The topological polar surface area (TPSA) is 78.9 Å². The van der Waals surface area contributed by atoms with Crippen molar-refractivity contribution >= 4 is 17.9 Å². The fourth-order valence-corrected chi connectivity index (χ4v) is 8.70. The van der Waals surface area contributed by atoms with Crippen molar-refractivity contribution in [3.8, 4) is 0 Å². The summed E-state index contributed by atoms with van der Waals surface area (Å²) in [5.74, 6) is -0.919. The van der Waals surface area contributed by atoms with Crippen LogP contribution in [0.15, 0.2) is 146 Å². The Bertz CT molecular complexity index is 1750. The highest BCUT2D eigenvalue weighted by Crippen LogP contribution is 2.15. The number of esters is 3. The molecule has 0 aliphatic rings. The molecule has 0 amide bonds. The molecule has 452 valence electrons. The van der Waals surface area contributed by atoms with Gasteiger partial charge in [-0.2, -0.15) is 0 Å². The minimum Gasteiger partial charge on any atom is -0.462 e. The van der Waals surface area contributed by atoms with E-state index in [1.807, 2.05) is 0 Å². The quantitative estimate of drug-likeness (QED) is 0.0261. The van der Waals surface area contributed by atoms with E-state index < -0.39 is 6.10 Å². The predicted octanol–water partition coefficient (Wildman–Crippen LogP) is 22.7. The predicted molar refractivity (Wildman–Crippen MR) is 348 cm³/mol. The van der Waals surface area contributed by atoms with E-state index in [1.54, 1.807) is 0 Å². The Balaban J connectivity index is 4.29. The third-order valence-electron chi connectivity index (χ3n) is 13.6. The van der Waals surface area contributed by atoms with Crippen molar-refractivity contribution in [1.29, 1.82) is 0 Å². The van der Waals surface area contributed by atoms with Crippen LogP contribution in [-0.4, -0.2) is 37.2 Å². The Labute approximate surface area is 493 Å². The average Bonchev–Trinajstić information content (AvgIpc) is 3.46. The van der Waals surface area contributed by atoms with Crippen LogP contribution in [0.1, 0.15) is 284 Å². The van der Waals surface area contributed by atoms with Crippen LogP contribution in [0.25, 0.3) is 0 Å². The molecule has 6 nitrogen and oxygen atoms in total. The molecule has 0 aromatic rings. The highest BCUT2D eigenvalue weighted by Gasteiger charge is 2.19. The van der Waals surface area contributed by atoms with E-state index in [0.29, 0.717) is 19.3 Å². The number of carbonyl (C=O) groups excluding carboxylic acids is 3. The van der Waals surface area contributed by atoms with Gasteiger partial charge in [-0.3, -0.25) is 14.4 Å². The molecule has 0 saturated heterocycles. The molecule has 0 radical (unpaired) electrons. The van der Waals surface area contributed by atoms with E-state index in [0.717, 1.165) is 154 Å². The van der Waals surface area contributed by atoms with Crippen LogP contribution >= 0.6 is 0 Å². The maximum Gasteiger partial charge on any atom is 0.306 e. The van der Waals surface area contributed by atoms with Crippen LogP contribution in [0.2, 0.25) is 0 Å². The molecule has 0 saturated carbocycles. The summed E-state index contributed by atoms with van der Waals surface area (Å²) in [7, 11) is 0. The number of ether oxygens (including phenoxy) is 3. The van der Waals surface area contributed by atoms with E-state index in [1.165, 1.54) is 89.9 Å². The lowest BCUT2D eigenvalue weighted by molar-refractivity contribution is -0.167. The maximum atomic E-state index is 12.9. The SMILES string of the molecule is CC/C=C\C/C=C\C/C=C\C/C=C\C/C=C\C/C=C\C/C=C\C/C=C\CCCCCCCCCCC(=O)OCC(COC(=O)CCCCCCC/C=C\CCCCC)OC(=O)CCCCCCCCC/C=C\C/C=C\C/C=C\CC. The average molecular weight is 1110 g/mol. The molecule has 80 heavy (non-hydrogen) atoms. The van der Waals surface area contributed by atoms with E-state index >= 15 is 0 Å². The normalized spacial score (nSPS) is 13.1. The molecule has 0 aliphatic heterocycles. The number of hydrogen-bond acceptors (Lipinski definition) is 6. The Morgan fingerprint density at radius 3 is 0.775 bits per heavy atom. The third-order valence-corrected chi connectivity index (χ3v) is 13.6. The zero-order valence-corrected chi connectivity index (χ0v) is 51.8. The summed E-state index contributed by atoms with van der Waals surface area (Å²) in [6.07, 6.45) is 95.7. The first-order chi connectivity index (χ1) is 39.5. The van der Waals surface area contributed by atoms with E-state index in [9.17, 15) is 14.4 Å². The van der Waals surface area contributed by atoms with Crippen molar-refractivity contribution < 1.29 is 28.6 Å². The smallest absolute Gasteiger partial charge is 0.306 e.